The van der Waals surface area contributed by atoms with Gasteiger partial charge >= 0.3 is 12.0 Å². The number of nitrogens with zero attached hydrogens (tertiary/aromatic N) is 3. The van der Waals surface area contributed by atoms with Gasteiger partial charge in [-0.2, -0.15) is 0 Å². The van der Waals surface area contributed by atoms with E-state index in [0.717, 1.165) is 35.1 Å². The third-order valence-electron chi connectivity index (χ3n) is 3.80. The summed E-state index contributed by atoms with van der Waals surface area (Å²) in [5.41, 5.74) is 1.92. The molecule has 7 heteroatoms. The molecule has 1 unspecified atom stereocenters. The number of aromatic nitrogens is 2. The van der Waals surface area contributed by atoms with Gasteiger partial charge in [0.1, 0.15) is 6.10 Å². The normalized spacial score (nSPS) is 17.4. The number of piperidine rings is 1. The SMILES string of the molecule is Cc1cccc(NC(=O)N2CCCC(Oc3ncc(Br)cn3)C2)c1. The van der Waals surface area contributed by atoms with E-state index in [0.29, 0.717) is 12.6 Å². The molecular weight excluding hydrogens is 372 g/mol. The lowest BCUT2D eigenvalue weighted by Gasteiger charge is -2.32. The van der Waals surface area contributed by atoms with Gasteiger partial charge in [0.15, 0.2) is 0 Å². The highest BCUT2D eigenvalue weighted by Gasteiger charge is 2.25. The maximum absolute atomic E-state index is 12.4. The van der Waals surface area contributed by atoms with Crippen LogP contribution in [0.5, 0.6) is 6.01 Å². The summed E-state index contributed by atoms with van der Waals surface area (Å²) in [5, 5.41) is 2.94. The fourth-order valence-corrected chi connectivity index (χ4v) is 2.86. The van der Waals surface area contributed by atoms with Crippen molar-refractivity contribution >= 4 is 27.6 Å². The van der Waals surface area contributed by atoms with Gasteiger partial charge in [-0.05, 0) is 53.4 Å². The minimum atomic E-state index is -0.106. The number of carbonyl (C=O) groups excluding carboxylic acids is 1. The molecule has 1 aromatic heterocycles. The molecule has 2 amide bonds. The quantitative estimate of drug-likeness (QED) is 0.868. The molecule has 2 aromatic rings. The lowest BCUT2D eigenvalue weighted by atomic mass is 10.1. The highest BCUT2D eigenvalue weighted by Crippen LogP contribution is 2.18. The average molecular weight is 391 g/mol. The summed E-state index contributed by atoms with van der Waals surface area (Å²) >= 11 is 3.29. The van der Waals surface area contributed by atoms with Crippen LogP contribution in [0.2, 0.25) is 0 Å². The van der Waals surface area contributed by atoms with Crippen molar-refractivity contribution in [3.05, 3.63) is 46.7 Å². The number of amides is 2. The van der Waals surface area contributed by atoms with Gasteiger partial charge in [0.2, 0.25) is 0 Å². The number of halogens is 1. The Bertz CT molecular complexity index is 708. The molecule has 6 nitrogen and oxygen atoms in total. The highest BCUT2D eigenvalue weighted by atomic mass is 79.9. The van der Waals surface area contributed by atoms with E-state index in [1.807, 2.05) is 31.2 Å². The molecule has 1 aromatic carbocycles. The molecule has 1 N–H and O–H groups in total. The van der Waals surface area contributed by atoms with E-state index in [-0.39, 0.29) is 12.1 Å². The van der Waals surface area contributed by atoms with Gasteiger partial charge in [0.25, 0.3) is 0 Å². The molecule has 2 heterocycles. The fourth-order valence-electron chi connectivity index (χ4n) is 2.65. The molecule has 0 aliphatic carbocycles. The zero-order valence-electron chi connectivity index (χ0n) is 13.4. The number of hydrogen-bond donors (Lipinski definition) is 1. The Labute approximate surface area is 149 Å². The number of benzene rings is 1. The van der Waals surface area contributed by atoms with Crippen molar-refractivity contribution in [2.24, 2.45) is 0 Å². The lowest BCUT2D eigenvalue weighted by molar-refractivity contribution is 0.0982. The number of carbonyl (C=O) groups is 1. The molecule has 1 atom stereocenters. The van der Waals surface area contributed by atoms with Crippen molar-refractivity contribution in [1.29, 1.82) is 0 Å². The number of rotatable bonds is 3. The third kappa shape index (κ3) is 4.44. The molecule has 1 fully saturated rings. The first kappa shape index (κ1) is 16.7. The Kier molecular flexibility index (Phi) is 5.30. The summed E-state index contributed by atoms with van der Waals surface area (Å²) in [7, 11) is 0. The van der Waals surface area contributed by atoms with E-state index in [9.17, 15) is 4.79 Å². The van der Waals surface area contributed by atoms with Crippen molar-refractivity contribution < 1.29 is 9.53 Å². The van der Waals surface area contributed by atoms with Crippen molar-refractivity contribution in [2.45, 2.75) is 25.9 Å². The molecule has 3 rings (SSSR count). The Morgan fingerprint density at radius 3 is 2.92 bits per heavy atom. The monoisotopic (exact) mass is 390 g/mol. The smallest absolute Gasteiger partial charge is 0.321 e. The van der Waals surface area contributed by atoms with E-state index in [1.54, 1.807) is 17.3 Å². The second-order valence-electron chi connectivity index (χ2n) is 5.81. The standard InChI is InChI=1S/C17H19BrN4O2/c1-12-4-2-5-14(8-12)21-17(23)22-7-3-6-15(11-22)24-16-19-9-13(18)10-20-16/h2,4-5,8-10,15H,3,6-7,11H2,1H3,(H,21,23). The van der Waals surface area contributed by atoms with Crippen LogP contribution in [0.25, 0.3) is 0 Å². The summed E-state index contributed by atoms with van der Waals surface area (Å²) < 4.78 is 6.60. The number of urea groups is 1. The van der Waals surface area contributed by atoms with Gasteiger partial charge in [-0.1, -0.05) is 12.1 Å². The molecule has 1 aliphatic rings. The number of anilines is 1. The van der Waals surface area contributed by atoms with Gasteiger partial charge in [-0.15, -0.1) is 0 Å². The molecule has 0 radical (unpaired) electrons. The Morgan fingerprint density at radius 1 is 1.38 bits per heavy atom. The van der Waals surface area contributed by atoms with E-state index in [2.05, 4.69) is 31.2 Å². The van der Waals surface area contributed by atoms with Crippen LogP contribution in [-0.4, -0.2) is 40.1 Å². The lowest BCUT2D eigenvalue weighted by Crippen LogP contribution is -2.46. The van der Waals surface area contributed by atoms with Gasteiger partial charge < -0.3 is 15.0 Å². The van der Waals surface area contributed by atoms with Crippen LogP contribution in [0, 0.1) is 6.92 Å². The average Bonchev–Trinajstić information content (AvgIpc) is 2.57. The number of nitrogens with one attached hydrogen (secondary N) is 1. The fraction of sp³-hybridized carbons (Fsp3) is 0.353. The first-order valence-electron chi connectivity index (χ1n) is 7.87. The minimum Gasteiger partial charge on any atom is -0.458 e. The van der Waals surface area contributed by atoms with Gasteiger partial charge in [0.05, 0.1) is 11.0 Å². The topological polar surface area (TPSA) is 67.4 Å². The van der Waals surface area contributed by atoms with Crippen molar-refractivity contribution in [2.75, 3.05) is 18.4 Å². The molecule has 126 valence electrons. The van der Waals surface area contributed by atoms with Crippen molar-refractivity contribution in [1.82, 2.24) is 14.9 Å². The molecular formula is C17H19BrN4O2. The summed E-state index contributed by atoms with van der Waals surface area (Å²) in [5.74, 6) is 0. The van der Waals surface area contributed by atoms with Gasteiger partial charge in [-0.3, -0.25) is 0 Å². The number of ether oxygens (including phenoxy) is 1. The largest absolute Gasteiger partial charge is 0.458 e. The van der Waals surface area contributed by atoms with Crippen LogP contribution in [0.4, 0.5) is 10.5 Å². The molecule has 0 saturated carbocycles. The summed E-state index contributed by atoms with van der Waals surface area (Å²) in [6, 6.07) is 8.00. The molecule has 24 heavy (non-hydrogen) atoms. The van der Waals surface area contributed by atoms with E-state index < -0.39 is 0 Å². The maximum Gasteiger partial charge on any atom is 0.321 e. The summed E-state index contributed by atoms with van der Waals surface area (Å²) in [6.07, 6.45) is 4.97. The van der Waals surface area contributed by atoms with Gasteiger partial charge in [0, 0.05) is 24.6 Å². The molecule has 1 aliphatic heterocycles. The molecule has 0 bridgehead atoms. The van der Waals surface area contributed by atoms with Crippen LogP contribution in [0.1, 0.15) is 18.4 Å². The summed E-state index contributed by atoms with van der Waals surface area (Å²) in [6.45, 7) is 3.24. The van der Waals surface area contributed by atoms with E-state index in [1.165, 1.54) is 0 Å². The zero-order chi connectivity index (χ0) is 16.9. The first-order valence-corrected chi connectivity index (χ1v) is 8.66. The first-order chi connectivity index (χ1) is 11.6. The third-order valence-corrected chi connectivity index (χ3v) is 4.21. The maximum atomic E-state index is 12.4. The predicted octanol–water partition coefficient (Wildman–Crippen LogP) is 3.62. The van der Waals surface area contributed by atoms with Crippen LogP contribution in [-0.2, 0) is 0 Å². The van der Waals surface area contributed by atoms with Crippen molar-refractivity contribution in [3.8, 4) is 6.01 Å². The van der Waals surface area contributed by atoms with Crippen LogP contribution in [0.3, 0.4) is 0 Å². The Hall–Kier alpha value is -2.15. The second kappa shape index (κ2) is 7.61. The van der Waals surface area contributed by atoms with Crippen LogP contribution >= 0.6 is 15.9 Å². The Balaban J connectivity index is 1.58. The van der Waals surface area contributed by atoms with E-state index in [4.69, 9.17) is 4.74 Å². The number of likely N-dealkylation sites (tertiary alicyclic amines) is 1. The Morgan fingerprint density at radius 2 is 2.17 bits per heavy atom. The number of hydrogen-bond acceptors (Lipinski definition) is 4. The highest BCUT2D eigenvalue weighted by molar-refractivity contribution is 9.10. The van der Waals surface area contributed by atoms with Crippen molar-refractivity contribution in [3.63, 3.8) is 0 Å². The van der Waals surface area contributed by atoms with Crippen LogP contribution in [0.15, 0.2) is 41.1 Å². The minimum absolute atomic E-state index is 0.0943. The zero-order valence-corrected chi connectivity index (χ0v) is 15.0. The number of aryl methyl sites for hydroxylation is 1. The summed E-state index contributed by atoms with van der Waals surface area (Å²) in [4.78, 5) is 22.5. The van der Waals surface area contributed by atoms with Gasteiger partial charge in [-0.25, -0.2) is 14.8 Å². The predicted molar refractivity (Wildman–Crippen MR) is 95.2 cm³/mol. The molecule has 0 spiro atoms. The van der Waals surface area contributed by atoms with E-state index >= 15 is 0 Å². The molecule has 1 saturated heterocycles. The van der Waals surface area contributed by atoms with Crippen LogP contribution < -0.4 is 10.1 Å². The second-order valence-corrected chi connectivity index (χ2v) is 6.73.